The zero-order chi connectivity index (χ0) is 20.1. The zero-order valence-electron chi connectivity index (χ0n) is 16.4. The Morgan fingerprint density at radius 3 is 2.39 bits per heavy atom. The van der Waals surface area contributed by atoms with Crippen LogP contribution < -0.4 is 14.8 Å². The van der Waals surface area contributed by atoms with Gasteiger partial charge in [-0.05, 0) is 56.2 Å². The third-order valence-corrected chi connectivity index (χ3v) is 4.31. The first-order valence-corrected chi connectivity index (χ1v) is 8.99. The standard InChI is InChI=1S/C22H23N3O3/c1-14-5-6-15(2)20(13-14)28-16(3)22(26)23-18-9-7-17(8-10-18)19-11-12-21(27-4)25-24-19/h5-13,16H,1-4H3,(H,23,26). The van der Waals surface area contributed by atoms with Crippen molar-refractivity contribution in [2.45, 2.75) is 26.9 Å². The number of aromatic nitrogens is 2. The Labute approximate surface area is 164 Å². The Balaban J connectivity index is 1.64. The maximum Gasteiger partial charge on any atom is 0.265 e. The molecular weight excluding hydrogens is 354 g/mol. The van der Waals surface area contributed by atoms with Crippen LogP contribution in [0.25, 0.3) is 11.3 Å². The summed E-state index contributed by atoms with van der Waals surface area (Å²) in [5, 5.41) is 11.0. The van der Waals surface area contributed by atoms with Crippen molar-refractivity contribution in [3.63, 3.8) is 0 Å². The molecule has 3 aromatic rings. The Morgan fingerprint density at radius 2 is 1.75 bits per heavy atom. The van der Waals surface area contributed by atoms with Crippen molar-refractivity contribution in [2.24, 2.45) is 0 Å². The van der Waals surface area contributed by atoms with Crippen LogP contribution in [0.3, 0.4) is 0 Å². The number of rotatable bonds is 6. The largest absolute Gasteiger partial charge is 0.481 e. The van der Waals surface area contributed by atoms with Crippen molar-refractivity contribution in [3.05, 3.63) is 65.7 Å². The number of benzene rings is 2. The van der Waals surface area contributed by atoms with Gasteiger partial charge in [0.1, 0.15) is 5.75 Å². The van der Waals surface area contributed by atoms with E-state index < -0.39 is 6.10 Å². The Morgan fingerprint density at radius 1 is 1.00 bits per heavy atom. The monoisotopic (exact) mass is 377 g/mol. The van der Waals surface area contributed by atoms with E-state index in [-0.39, 0.29) is 5.91 Å². The summed E-state index contributed by atoms with van der Waals surface area (Å²) in [6.07, 6.45) is -0.618. The fourth-order valence-corrected chi connectivity index (χ4v) is 2.63. The van der Waals surface area contributed by atoms with Crippen LogP contribution in [-0.4, -0.2) is 29.3 Å². The van der Waals surface area contributed by atoms with Gasteiger partial charge in [-0.1, -0.05) is 24.3 Å². The van der Waals surface area contributed by atoms with Gasteiger partial charge in [-0.3, -0.25) is 4.79 Å². The highest BCUT2D eigenvalue weighted by Crippen LogP contribution is 2.22. The first kappa shape index (κ1) is 19.4. The molecule has 2 aromatic carbocycles. The molecule has 0 saturated heterocycles. The van der Waals surface area contributed by atoms with Crippen molar-refractivity contribution in [1.82, 2.24) is 10.2 Å². The van der Waals surface area contributed by atoms with Gasteiger partial charge in [0.15, 0.2) is 6.10 Å². The molecule has 28 heavy (non-hydrogen) atoms. The highest BCUT2D eigenvalue weighted by Gasteiger charge is 2.16. The maximum absolute atomic E-state index is 12.5. The number of nitrogens with one attached hydrogen (secondary N) is 1. The lowest BCUT2D eigenvalue weighted by molar-refractivity contribution is -0.122. The lowest BCUT2D eigenvalue weighted by atomic mass is 10.1. The molecule has 0 fully saturated rings. The summed E-state index contributed by atoms with van der Waals surface area (Å²) in [7, 11) is 1.55. The Kier molecular flexibility index (Phi) is 5.89. The van der Waals surface area contributed by atoms with Gasteiger partial charge in [0, 0.05) is 17.3 Å². The Bertz CT molecular complexity index is 954. The van der Waals surface area contributed by atoms with Crippen molar-refractivity contribution < 1.29 is 14.3 Å². The molecule has 1 unspecified atom stereocenters. The molecule has 6 heteroatoms. The van der Waals surface area contributed by atoms with E-state index in [0.717, 1.165) is 28.1 Å². The second-order valence-corrected chi connectivity index (χ2v) is 6.56. The van der Waals surface area contributed by atoms with Crippen molar-refractivity contribution in [2.75, 3.05) is 12.4 Å². The SMILES string of the molecule is COc1ccc(-c2ccc(NC(=O)C(C)Oc3cc(C)ccc3C)cc2)nn1. The number of anilines is 1. The summed E-state index contributed by atoms with van der Waals surface area (Å²) in [4.78, 5) is 12.5. The predicted molar refractivity (Wildman–Crippen MR) is 109 cm³/mol. The zero-order valence-corrected chi connectivity index (χ0v) is 16.4. The molecule has 0 spiro atoms. The van der Waals surface area contributed by atoms with E-state index in [1.807, 2.05) is 62.4 Å². The van der Waals surface area contributed by atoms with Crippen LogP contribution in [0.4, 0.5) is 5.69 Å². The molecule has 0 radical (unpaired) electrons. The second-order valence-electron chi connectivity index (χ2n) is 6.56. The fourth-order valence-electron chi connectivity index (χ4n) is 2.63. The number of carbonyl (C=O) groups is 1. The molecule has 0 aliphatic heterocycles. The van der Waals surface area contributed by atoms with Crippen molar-refractivity contribution >= 4 is 11.6 Å². The number of aryl methyl sites for hydroxylation is 2. The van der Waals surface area contributed by atoms with Crippen LogP contribution in [0.2, 0.25) is 0 Å². The van der Waals surface area contributed by atoms with Crippen LogP contribution in [0, 0.1) is 13.8 Å². The lowest BCUT2D eigenvalue weighted by Gasteiger charge is -2.17. The minimum atomic E-state index is -0.618. The molecule has 6 nitrogen and oxygen atoms in total. The van der Waals surface area contributed by atoms with Gasteiger partial charge in [-0.15, -0.1) is 10.2 Å². The van der Waals surface area contributed by atoms with Crippen LogP contribution in [0.5, 0.6) is 11.6 Å². The molecular formula is C22H23N3O3. The number of ether oxygens (including phenoxy) is 2. The average Bonchev–Trinajstić information content (AvgIpc) is 2.71. The summed E-state index contributed by atoms with van der Waals surface area (Å²) in [5.41, 5.74) is 4.39. The van der Waals surface area contributed by atoms with E-state index in [2.05, 4.69) is 15.5 Å². The van der Waals surface area contributed by atoms with Crippen molar-refractivity contribution in [1.29, 1.82) is 0 Å². The molecule has 1 heterocycles. The normalized spacial score (nSPS) is 11.6. The molecule has 144 valence electrons. The Hall–Kier alpha value is -3.41. The number of hydrogen-bond acceptors (Lipinski definition) is 5. The summed E-state index contributed by atoms with van der Waals surface area (Å²) < 4.78 is 10.8. The molecule has 1 aromatic heterocycles. The first-order chi connectivity index (χ1) is 13.5. The number of hydrogen-bond donors (Lipinski definition) is 1. The smallest absolute Gasteiger partial charge is 0.265 e. The van der Waals surface area contributed by atoms with Crippen LogP contribution >= 0.6 is 0 Å². The lowest BCUT2D eigenvalue weighted by Crippen LogP contribution is -2.30. The number of nitrogens with zero attached hydrogens (tertiary/aromatic N) is 2. The predicted octanol–water partition coefficient (Wildman–Crippen LogP) is 4.18. The topological polar surface area (TPSA) is 73.3 Å². The fraction of sp³-hybridized carbons (Fsp3) is 0.227. The minimum Gasteiger partial charge on any atom is -0.481 e. The molecule has 1 amide bonds. The third kappa shape index (κ3) is 4.65. The van der Waals surface area contributed by atoms with Gasteiger partial charge in [-0.2, -0.15) is 0 Å². The van der Waals surface area contributed by atoms with Crippen LogP contribution in [0.1, 0.15) is 18.1 Å². The van der Waals surface area contributed by atoms with Gasteiger partial charge in [0.05, 0.1) is 12.8 Å². The number of carbonyl (C=O) groups excluding carboxylic acids is 1. The minimum absolute atomic E-state index is 0.210. The molecule has 0 saturated carbocycles. The maximum atomic E-state index is 12.5. The van der Waals surface area contributed by atoms with E-state index in [4.69, 9.17) is 9.47 Å². The van der Waals surface area contributed by atoms with Gasteiger partial charge in [-0.25, -0.2) is 0 Å². The van der Waals surface area contributed by atoms with E-state index in [1.165, 1.54) is 0 Å². The quantitative estimate of drug-likeness (QED) is 0.698. The second kappa shape index (κ2) is 8.52. The van der Waals surface area contributed by atoms with E-state index in [0.29, 0.717) is 11.6 Å². The van der Waals surface area contributed by atoms with Crippen molar-refractivity contribution in [3.8, 4) is 22.9 Å². The van der Waals surface area contributed by atoms with Gasteiger partial charge >= 0.3 is 0 Å². The summed E-state index contributed by atoms with van der Waals surface area (Å²) in [6, 6.07) is 16.9. The average molecular weight is 377 g/mol. The van der Waals surface area contributed by atoms with E-state index >= 15 is 0 Å². The summed E-state index contributed by atoms with van der Waals surface area (Å²) in [6.45, 7) is 5.68. The van der Waals surface area contributed by atoms with Crippen LogP contribution in [0.15, 0.2) is 54.6 Å². The first-order valence-electron chi connectivity index (χ1n) is 8.99. The molecule has 1 atom stereocenters. The van der Waals surface area contributed by atoms with Gasteiger partial charge < -0.3 is 14.8 Å². The van der Waals surface area contributed by atoms with Gasteiger partial charge in [0.2, 0.25) is 5.88 Å². The van der Waals surface area contributed by atoms with Gasteiger partial charge in [0.25, 0.3) is 5.91 Å². The van der Waals surface area contributed by atoms with E-state index in [1.54, 1.807) is 20.1 Å². The highest BCUT2D eigenvalue weighted by molar-refractivity contribution is 5.94. The molecule has 1 N–H and O–H groups in total. The summed E-state index contributed by atoms with van der Waals surface area (Å²) >= 11 is 0. The summed E-state index contributed by atoms with van der Waals surface area (Å²) in [5.74, 6) is 0.972. The number of methoxy groups -OCH3 is 1. The number of amides is 1. The third-order valence-electron chi connectivity index (χ3n) is 4.31. The molecule has 0 bridgehead atoms. The van der Waals surface area contributed by atoms with E-state index in [9.17, 15) is 4.79 Å². The highest BCUT2D eigenvalue weighted by atomic mass is 16.5. The molecule has 0 aliphatic rings. The molecule has 3 rings (SSSR count). The molecule has 0 aliphatic carbocycles. The van der Waals surface area contributed by atoms with Crippen LogP contribution in [-0.2, 0) is 4.79 Å².